The summed E-state index contributed by atoms with van der Waals surface area (Å²) in [6, 6.07) is 0. The molecule has 0 aromatic rings. The standard InChI is InChI=1S/C37H73NO5/c1-4-6-8-10-12-20-26-33-42-36(39)28-22-16-14-18-24-30-38(32-35-41-3)31-25-19-15-17-23-29-37(40)43-34-27-21-13-11-9-7-5-2/h4-35H2,1-3H3. The molecule has 0 N–H and O–H groups in total. The van der Waals surface area contributed by atoms with Gasteiger partial charge in [0.1, 0.15) is 0 Å². The molecular weight excluding hydrogens is 538 g/mol. The van der Waals surface area contributed by atoms with Crippen molar-refractivity contribution in [3.63, 3.8) is 0 Å². The molecule has 6 heteroatoms. The number of hydrogen-bond donors (Lipinski definition) is 0. The van der Waals surface area contributed by atoms with Crippen LogP contribution >= 0.6 is 0 Å². The van der Waals surface area contributed by atoms with Crippen LogP contribution in [0.25, 0.3) is 0 Å². The summed E-state index contributed by atoms with van der Waals surface area (Å²) in [6.07, 6.45) is 29.9. The van der Waals surface area contributed by atoms with Crippen LogP contribution in [-0.2, 0) is 23.8 Å². The van der Waals surface area contributed by atoms with Gasteiger partial charge in [0.15, 0.2) is 0 Å². The highest BCUT2D eigenvalue weighted by atomic mass is 16.5. The largest absolute Gasteiger partial charge is 0.466 e. The summed E-state index contributed by atoms with van der Waals surface area (Å²) in [5.74, 6) is -0.0362. The third-order valence-corrected chi connectivity index (χ3v) is 8.34. The van der Waals surface area contributed by atoms with Crippen LogP contribution in [0.1, 0.15) is 181 Å². The third kappa shape index (κ3) is 33.6. The Kier molecular flexibility index (Phi) is 34.4. The molecule has 0 saturated carbocycles. The van der Waals surface area contributed by atoms with E-state index >= 15 is 0 Å². The zero-order valence-electron chi connectivity index (χ0n) is 29.1. The molecule has 0 spiro atoms. The van der Waals surface area contributed by atoms with Crippen LogP contribution in [0.2, 0.25) is 0 Å². The number of carbonyl (C=O) groups excluding carboxylic acids is 2. The smallest absolute Gasteiger partial charge is 0.305 e. The van der Waals surface area contributed by atoms with E-state index in [0.29, 0.717) is 26.1 Å². The number of nitrogens with zero attached hydrogens (tertiary/aromatic N) is 1. The Bertz CT molecular complexity index is 539. The van der Waals surface area contributed by atoms with Gasteiger partial charge in [-0.25, -0.2) is 0 Å². The number of methoxy groups -OCH3 is 1. The number of hydrogen-bond acceptors (Lipinski definition) is 6. The van der Waals surface area contributed by atoms with Crippen LogP contribution in [0.15, 0.2) is 0 Å². The molecule has 0 heterocycles. The van der Waals surface area contributed by atoms with Crippen molar-refractivity contribution in [3.8, 4) is 0 Å². The van der Waals surface area contributed by atoms with E-state index in [1.807, 2.05) is 0 Å². The van der Waals surface area contributed by atoms with E-state index in [1.54, 1.807) is 7.11 Å². The Morgan fingerprint density at radius 1 is 0.419 bits per heavy atom. The van der Waals surface area contributed by atoms with Crippen molar-refractivity contribution in [1.29, 1.82) is 0 Å². The van der Waals surface area contributed by atoms with Gasteiger partial charge in [0.25, 0.3) is 0 Å². The minimum absolute atomic E-state index is 0.0181. The lowest BCUT2D eigenvalue weighted by Crippen LogP contribution is -2.29. The molecule has 0 radical (unpaired) electrons. The van der Waals surface area contributed by atoms with Crippen LogP contribution < -0.4 is 0 Å². The lowest BCUT2D eigenvalue weighted by molar-refractivity contribution is -0.144. The normalized spacial score (nSPS) is 11.3. The molecule has 6 nitrogen and oxygen atoms in total. The highest BCUT2D eigenvalue weighted by molar-refractivity contribution is 5.69. The van der Waals surface area contributed by atoms with Crippen molar-refractivity contribution in [2.45, 2.75) is 181 Å². The summed E-state index contributed by atoms with van der Waals surface area (Å²) >= 11 is 0. The maximum atomic E-state index is 11.9. The fourth-order valence-electron chi connectivity index (χ4n) is 5.46. The molecule has 0 aliphatic rings. The minimum Gasteiger partial charge on any atom is -0.466 e. The van der Waals surface area contributed by atoms with Gasteiger partial charge in [-0.15, -0.1) is 0 Å². The third-order valence-electron chi connectivity index (χ3n) is 8.34. The second-order valence-corrected chi connectivity index (χ2v) is 12.6. The second-order valence-electron chi connectivity index (χ2n) is 12.6. The van der Waals surface area contributed by atoms with E-state index in [4.69, 9.17) is 14.2 Å². The first-order valence-corrected chi connectivity index (χ1v) is 18.7. The van der Waals surface area contributed by atoms with Gasteiger partial charge >= 0.3 is 11.9 Å². The van der Waals surface area contributed by atoms with Gasteiger partial charge in [0.2, 0.25) is 0 Å². The molecule has 0 rings (SSSR count). The van der Waals surface area contributed by atoms with E-state index in [2.05, 4.69) is 18.7 Å². The predicted molar refractivity (Wildman–Crippen MR) is 182 cm³/mol. The Balaban J connectivity index is 3.63. The molecule has 0 aromatic carbocycles. The van der Waals surface area contributed by atoms with E-state index < -0.39 is 0 Å². The molecule has 0 aromatic heterocycles. The molecule has 0 bridgehead atoms. The van der Waals surface area contributed by atoms with Gasteiger partial charge in [-0.1, -0.05) is 129 Å². The summed E-state index contributed by atoms with van der Waals surface area (Å²) in [5.41, 5.74) is 0. The van der Waals surface area contributed by atoms with Gasteiger partial charge in [-0.3, -0.25) is 9.59 Å². The van der Waals surface area contributed by atoms with Gasteiger partial charge < -0.3 is 19.1 Å². The Labute approximate surface area is 267 Å². The van der Waals surface area contributed by atoms with Crippen LogP contribution in [0, 0.1) is 0 Å². The number of ether oxygens (including phenoxy) is 3. The molecule has 43 heavy (non-hydrogen) atoms. The van der Waals surface area contributed by atoms with Crippen molar-refractivity contribution < 1.29 is 23.8 Å². The van der Waals surface area contributed by atoms with Crippen molar-refractivity contribution in [1.82, 2.24) is 4.90 Å². The monoisotopic (exact) mass is 612 g/mol. The number of carbonyl (C=O) groups is 2. The molecule has 0 fully saturated rings. The van der Waals surface area contributed by atoms with E-state index in [-0.39, 0.29) is 11.9 Å². The SMILES string of the molecule is CCCCCCCCCOC(=O)CCCCCCCN(CCCCCCCC(=O)OCCCCCCCCC)CCOC. The Hall–Kier alpha value is -1.14. The van der Waals surface area contributed by atoms with Gasteiger partial charge in [-0.2, -0.15) is 0 Å². The molecule has 0 aliphatic heterocycles. The van der Waals surface area contributed by atoms with Crippen LogP contribution in [-0.4, -0.2) is 63.4 Å². The van der Waals surface area contributed by atoms with Crippen molar-refractivity contribution in [2.24, 2.45) is 0 Å². The van der Waals surface area contributed by atoms with Crippen molar-refractivity contribution in [3.05, 3.63) is 0 Å². The zero-order chi connectivity index (χ0) is 31.5. The Morgan fingerprint density at radius 3 is 1.16 bits per heavy atom. The van der Waals surface area contributed by atoms with Crippen LogP contribution in [0.5, 0.6) is 0 Å². The quantitative estimate of drug-likeness (QED) is 0.0525. The van der Waals surface area contributed by atoms with Crippen molar-refractivity contribution in [2.75, 3.05) is 46.6 Å². The molecule has 0 amide bonds. The maximum absolute atomic E-state index is 11.9. The fraction of sp³-hybridized carbons (Fsp3) is 0.946. The van der Waals surface area contributed by atoms with Gasteiger partial charge in [0.05, 0.1) is 19.8 Å². The lowest BCUT2D eigenvalue weighted by atomic mass is 10.1. The highest BCUT2D eigenvalue weighted by Crippen LogP contribution is 2.12. The Morgan fingerprint density at radius 2 is 0.767 bits per heavy atom. The molecule has 0 saturated heterocycles. The first-order chi connectivity index (χ1) is 21.1. The summed E-state index contributed by atoms with van der Waals surface area (Å²) in [7, 11) is 1.78. The van der Waals surface area contributed by atoms with E-state index in [1.165, 1.54) is 116 Å². The summed E-state index contributed by atoms with van der Waals surface area (Å²) in [4.78, 5) is 26.4. The number of unbranched alkanes of at least 4 members (excludes halogenated alkanes) is 20. The number of rotatable bonds is 35. The van der Waals surface area contributed by atoms with Crippen LogP contribution in [0.4, 0.5) is 0 Å². The van der Waals surface area contributed by atoms with E-state index in [0.717, 1.165) is 64.8 Å². The van der Waals surface area contributed by atoms with Gasteiger partial charge in [0, 0.05) is 26.5 Å². The molecule has 0 aliphatic carbocycles. The van der Waals surface area contributed by atoms with Crippen molar-refractivity contribution >= 4 is 11.9 Å². The molecule has 0 unspecified atom stereocenters. The summed E-state index contributed by atoms with van der Waals surface area (Å²) in [5, 5.41) is 0. The highest BCUT2D eigenvalue weighted by Gasteiger charge is 2.07. The van der Waals surface area contributed by atoms with Gasteiger partial charge in [-0.05, 0) is 51.6 Å². The molecule has 256 valence electrons. The van der Waals surface area contributed by atoms with Crippen LogP contribution in [0.3, 0.4) is 0 Å². The maximum Gasteiger partial charge on any atom is 0.305 e. The minimum atomic E-state index is -0.0181. The topological polar surface area (TPSA) is 65.1 Å². The van der Waals surface area contributed by atoms with E-state index in [9.17, 15) is 9.59 Å². The first kappa shape index (κ1) is 41.9. The fourth-order valence-corrected chi connectivity index (χ4v) is 5.46. The zero-order valence-corrected chi connectivity index (χ0v) is 29.1. The summed E-state index contributed by atoms with van der Waals surface area (Å²) in [6.45, 7) is 9.68. The summed E-state index contributed by atoms with van der Waals surface area (Å²) < 4.78 is 16.1. The average Bonchev–Trinajstić information content (AvgIpc) is 3.01. The first-order valence-electron chi connectivity index (χ1n) is 18.7. The predicted octanol–water partition coefficient (Wildman–Crippen LogP) is 10.2. The number of esters is 2. The second kappa shape index (κ2) is 35.3. The lowest BCUT2D eigenvalue weighted by Gasteiger charge is -2.22. The average molecular weight is 612 g/mol. The molecular formula is C37H73NO5. The molecule has 0 atom stereocenters.